The van der Waals surface area contributed by atoms with Gasteiger partial charge >= 0.3 is 0 Å². The number of fused-ring (bicyclic) bond motifs is 1. The fraction of sp³-hybridized carbons (Fsp3) is 0.192. The number of ether oxygens (including phenoxy) is 2. The Hall–Kier alpha value is -4.05. The molecule has 0 aliphatic rings. The summed E-state index contributed by atoms with van der Waals surface area (Å²) in [4.78, 5) is 21.2. The number of nitrogens with one attached hydrogen (secondary N) is 2. The van der Waals surface area contributed by atoms with Crippen molar-refractivity contribution >= 4 is 22.5 Å². The number of carbonyl (C=O) groups is 1. The van der Waals surface area contributed by atoms with Crippen molar-refractivity contribution in [3.8, 4) is 28.1 Å². The normalized spacial score (nSPS) is 10.8. The van der Waals surface area contributed by atoms with Crippen LogP contribution < -0.4 is 15.5 Å². The highest BCUT2D eigenvalue weighted by Gasteiger charge is 2.22. The van der Waals surface area contributed by atoms with E-state index in [2.05, 4.69) is 10.3 Å². The van der Waals surface area contributed by atoms with Gasteiger partial charge in [-0.2, -0.15) is 0 Å². The number of rotatable bonds is 10. The first-order valence-electron chi connectivity index (χ1n) is 11.1. The molecule has 2 heterocycles. The van der Waals surface area contributed by atoms with Crippen molar-refractivity contribution in [2.45, 2.75) is 0 Å². The quantitative estimate of drug-likeness (QED) is 0.156. The molecule has 0 unspecified atom stereocenters. The van der Waals surface area contributed by atoms with Crippen LogP contribution in [0.1, 0.15) is 10.4 Å². The molecule has 0 saturated heterocycles. The summed E-state index contributed by atoms with van der Waals surface area (Å²) in [5, 5.41) is 21.8. The monoisotopic (exact) mass is 474 g/mol. The molecule has 0 fully saturated rings. The highest BCUT2D eigenvalue weighted by molar-refractivity contribution is 6.09. The highest BCUT2D eigenvalue weighted by atomic mass is 16.5. The summed E-state index contributed by atoms with van der Waals surface area (Å²) in [6, 6.07) is 17.5. The van der Waals surface area contributed by atoms with Crippen LogP contribution in [0.25, 0.3) is 33.3 Å². The summed E-state index contributed by atoms with van der Waals surface area (Å²) in [5.74, 6) is -0.447. The number of aliphatic hydroxyl groups is 1. The van der Waals surface area contributed by atoms with Crippen LogP contribution >= 0.6 is 0 Å². The topological polar surface area (TPSA) is 126 Å². The SMILES string of the molecule is COc1c(-c2ccc(-c3ccc(NCCOCCO)cc3)cc2)nc2ccncc2c1C(=O)NO. The third kappa shape index (κ3) is 5.38. The van der Waals surface area contributed by atoms with E-state index in [1.807, 2.05) is 48.5 Å². The largest absolute Gasteiger partial charge is 0.494 e. The van der Waals surface area contributed by atoms with E-state index < -0.39 is 5.91 Å². The zero-order chi connectivity index (χ0) is 24.6. The molecule has 180 valence electrons. The molecule has 0 radical (unpaired) electrons. The van der Waals surface area contributed by atoms with Crippen LogP contribution in [-0.4, -0.2) is 59.7 Å². The van der Waals surface area contributed by atoms with Crippen LogP contribution in [0.2, 0.25) is 0 Å². The average Bonchev–Trinajstić information content (AvgIpc) is 2.92. The van der Waals surface area contributed by atoms with E-state index in [9.17, 15) is 10.0 Å². The number of benzene rings is 2. The van der Waals surface area contributed by atoms with E-state index >= 15 is 0 Å². The number of pyridine rings is 2. The van der Waals surface area contributed by atoms with E-state index in [0.29, 0.717) is 36.4 Å². The van der Waals surface area contributed by atoms with Gasteiger partial charge in [-0.3, -0.25) is 15.0 Å². The van der Waals surface area contributed by atoms with Crippen molar-refractivity contribution in [1.82, 2.24) is 15.4 Å². The van der Waals surface area contributed by atoms with Crippen LogP contribution in [0.5, 0.6) is 5.75 Å². The number of hydrogen-bond donors (Lipinski definition) is 4. The third-order valence-corrected chi connectivity index (χ3v) is 5.46. The van der Waals surface area contributed by atoms with E-state index in [0.717, 1.165) is 22.4 Å². The first-order valence-corrected chi connectivity index (χ1v) is 11.1. The predicted molar refractivity (Wildman–Crippen MR) is 133 cm³/mol. The van der Waals surface area contributed by atoms with Crippen LogP contribution in [0.3, 0.4) is 0 Å². The fourth-order valence-electron chi connectivity index (χ4n) is 3.80. The van der Waals surface area contributed by atoms with Crippen molar-refractivity contribution in [3.05, 3.63) is 72.6 Å². The first-order chi connectivity index (χ1) is 17.2. The number of carbonyl (C=O) groups excluding carboxylic acids is 1. The molecule has 2 aromatic heterocycles. The van der Waals surface area contributed by atoms with Crippen LogP contribution in [-0.2, 0) is 4.74 Å². The zero-order valence-electron chi connectivity index (χ0n) is 19.2. The van der Waals surface area contributed by atoms with Crippen molar-refractivity contribution in [2.24, 2.45) is 0 Å². The number of hydroxylamine groups is 1. The maximum atomic E-state index is 12.5. The van der Waals surface area contributed by atoms with Gasteiger partial charge in [0.15, 0.2) is 5.75 Å². The second-order valence-corrected chi connectivity index (χ2v) is 7.62. The zero-order valence-corrected chi connectivity index (χ0v) is 19.2. The van der Waals surface area contributed by atoms with Crippen molar-refractivity contribution < 1.29 is 24.6 Å². The Morgan fingerprint density at radius 3 is 2.31 bits per heavy atom. The molecule has 1 amide bonds. The molecule has 0 aliphatic heterocycles. The van der Waals surface area contributed by atoms with E-state index in [1.165, 1.54) is 13.3 Å². The lowest BCUT2D eigenvalue weighted by molar-refractivity contribution is 0.0705. The summed E-state index contributed by atoms with van der Waals surface area (Å²) in [5.41, 5.74) is 6.70. The summed E-state index contributed by atoms with van der Waals surface area (Å²) >= 11 is 0. The van der Waals surface area contributed by atoms with Gasteiger partial charge < -0.3 is 19.9 Å². The summed E-state index contributed by atoms with van der Waals surface area (Å²) in [7, 11) is 1.46. The number of nitrogens with zero attached hydrogens (tertiary/aromatic N) is 2. The van der Waals surface area contributed by atoms with E-state index in [1.54, 1.807) is 17.7 Å². The van der Waals surface area contributed by atoms with Gasteiger partial charge in [-0.1, -0.05) is 36.4 Å². The van der Waals surface area contributed by atoms with Crippen molar-refractivity contribution in [3.63, 3.8) is 0 Å². The number of aliphatic hydroxyl groups excluding tert-OH is 1. The molecule has 9 nitrogen and oxygen atoms in total. The molecule has 4 aromatic rings. The van der Waals surface area contributed by atoms with Crippen LogP contribution in [0.4, 0.5) is 5.69 Å². The predicted octanol–water partition coefficient (Wildman–Crippen LogP) is 3.51. The molecule has 4 N–H and O–H groups in total. The minimum Gasteiger partial charge on any atom is -0.494 e. The van der Waals surface area contributed by atoms with Crippen molar-refractivity contribution in [1.29, 1.82) is 0 Å². The minimum atomic E-state index is -0.700. The van der Waals surface area contributed by atoms with Gasteiger partial charge in [0.1, 0.15) is 5.69 Å². The van der Waals surface area contributed by atoms with Gasteiger partial charge in [0.25, 0.3) is 5.91 Å². The molecule has 0 saturated carbocycles. The summed E-state index contributed by atoms with van der Waals surface area (Å²) in [6.07, 6.45) is 3.11. The lowest BCUT2D eigenvalue weighted by Gasteiger charge is -2.15. The van der Waals surface area contributed by atoms with Crippen molar-refractivity contribution in [2.75, 3.05) is 38.8 Å². The summed E-state index contributed by atoms with van der Waals surface area (Å²) in [6.45, 7) is 1.54. The number of aromatic nitrogens is 2. The molecule has 0 aliphatic carbocycles. The molecule has 0 bridgehead atoms. The van der Waals surface area contributed by atoms with Gasteiger partial charge in [-0.15, -0.1) is 0 Å². The first kappa shape index (κ1) is 24.1. The minimum absolute atomic E-state index is 0.0217. The lowest BCUT2D eigenvalue weighted by Crippen LogP contribution is -2.20. The molecule has 4 rings (SSSR count). The van der Waals surface area contributed by atoms with Gasteiger partial charge in [-0.25, -0.2) is 10.5 Å². The van der Waals surface area contributed by atoms with Gasteiger partial charge in [0, 0.05) is 35.6 Å². The van der Waals surface area contributed by atoms with Gasteiger partial charge in [-0.05, 0) is 29.3 Å². The Bertz CT molecular complexity index is 1290. The standard InChI is InChI=1S/C26H26N4O5/c1-34-25-23(26(32)30-33)21-16-27-11-10-22(21)29-24(25)19-4-2-17(3-5-19)18-6-8-20(9-7-18)28-12-14-35-15-13-31/h2-11,16,28,31,33H,12-15H2,1H3,(H,30,32). The molecule has 35 heavy (non-hydrogen) atoms. The Morgan fingerprint density at radius 1 is 0.971 bits per heavy atom. The molecule has 2 aromatic carbocycles. The highest BCUT2D eigenvalue weighted by Crippen LogP contribution is 2.36. The number of amides is 1. The molecular formula is C26H26N4O5. The second-order valence-electron chi connectivity index (χ2n) is 7.62. The Labute approximate surface area is 202 Å². The molecule has 0 spiro atoms. The van der Waals surface area contributed by atoms with Gasteiger partial charge in [0.2, 0.25) is 0 Å². The third-order valence-electron chi connectivity index (χ3n) is 5.46. The fourth-order valence-corrected chi connectivity index (χ4v) is 3.80. The average molecular weight is 475 g/mol. The lowest BCUT2D eigenvalue weighted by atomic mass is 9.99. The Morgan fingerprint density at radius 2 is 1.66 bits per heavy atom. The van der Waals surface area contributed by atoms with Crippen LogP contribution in [0, 0.1) is 0 Å². The Balaban J connectivity index is 1.59. The molecule has 0 atom stereocenters. The number of methoxy groups -OCH3 is 1. The Kier molecular flexibility index (Phi) is 7.84. The second kappa shape index (κ2) is 11.4. The molecule has 9 heteroatoms. The van der Waals surface area contributed by atoms with E-state index in [-0.39, 0.29) is 17.9 Å². The van der Waals surface area contributed by atoms with E-state index in [4.69, 9.17) is 19.6 Å². The maximum absolute atomic E-state index is 12.5. The molecular weight excluding hydrogens is 448 g/mol. The van der Waals surface area contributed by atoms with Crippen LogP contribution in [0.15, 0.2) is 67.0 Å². The smallest absolute Gasteiger partial charge is 0.279 e. The number of hydrogen-bond acceptors (Lipinski definition) is 8. The maximum Gasteiger partial charge on any atom is 0.279 e. The van der Waals surface area contributed by atoms with Gasteiger partial charge in [0.05, 0.1) is 38.0 Å². The summed E-state index contributed by atoms with van der Waals surface area (Å²) < 4.78 is 10.8. The number of anilines is 1.